The van der Waals surface area contributed by atoms with Crippen LogP contribution in [0.15, 0.2) is 29.2 Å². The third-order valence-corrected chi connectivity index (χ3v) is 3.61. The highest BCUT2D eigenvalue weighted by Crippen LogP contribution is 2.15. The van der Waals surface area contributed by atoms with Crippen LogP contribution in [0.4, 0.5) is 0 Å². The number of likely N-dealkylation sites (N-methyl/N-ethyl adjacent to an activating group) is 1. The smallest absolute Gasteiger partial charge is 0.261 e. The summed E-state index contributed by atoms with van der Waals surface area (Å²) < 4.78 is 22.0. The van der Waals surface area contributed by atoms with Crippen molar-refractivity contribution in [3.05, 3.63) is 29.8 Å². The Morgan fingerprint density at radius 3 is 2.27 bits per heavy atom. The van der Waals surface area contributed by atoms with E-state index in [0.717, 1.165) is 12.0 Å². The highest BCUT2D eigenvalue weighted by Gasteiger charge is 2.09. The molecule has 0 bridgehead atoms. The second-order valence-electron chi connectivity index (χ2n) is 3.48. The minimum atomic E-state index is -3.60. The fourth-order valence-electron chi connectivity index (χ4n) is 1.24. The lowest BCUT2D eigenvalue weighted by molar-refractivity contribution is 0.606. The van der Waals surface area contributed by atoms with E-state index in [0.29, 0.717) is 6.04 Å². The van der Waals surface area contributed by atoms with Crippen molar-refractivity contribution in [3.8, 4) is 0 Å². The molecule has 0 unspecified atom stereocenters. The van der Waals surface area contributed by atoms with E-state index < -0.39 is 9.05 Å². The summed E-state index contributed by atoms with van der Waals surface area (Å²) in [5.41, 5.74) is 1.08. The summed E-state index contributed by atoms with van der Waals surface area (Å²) in [5, 5.41) is 3.11. The Morgan fingerprint density at radius 1 is 1.33 bits per heavy atom. The Balaban J connectivity index is 2.82. The first-order valence-electron chi connectivity index (χ1n) is 4.64. The summed E-state index contributed by atoms with van der Waals surface area (Å²) in [6, 6.07) is 6.98. The summed E-state index contributed by atoms with van der Waals surface area (Å²) in [4.78, 5) is 0.144. The molecule has 0 aliphatic rings. The van der Waals surface area contributed by atoms with Crippen LogP contribution in [0.25, 0.3) is 0 Å². The largest absolute Gasteiger partial charge is 0.317 e. The molecule has 0 aliphatic heterocycles. The Hall–Kier alpha value is -0.580. The van der Waals surface area contributed by atoms with Crippen LogP contribution in [-0.2, 0) is 15.5 Å². The van der Waals surface area contributed by atoms with E-state index in [1.165, 1.54) is 12.1 Å². The van der Waals surface area contributed by atoms with E-state index in [1.54, 1.807) is 12.1 Å². The zero-order valence-corrected chi connectivity index (χ0v) is 10.3. The lowest BCUT2D eigenvalue weighted by atomic mass is 10.1. The van der Waals surface area contributed by atoms with Gasteiger partial charge in [0.15, 0.2) is 0 Å². The van der Waals surface area contributed by atoms with Gasteiger partial charge in [0.25, 0.3) is 9.05 Å². The number of hydrogen-bond donors (Lipinski definition) is 1. The van der Waals surface area contributed by atoms with E-state index in [-0.39, 0.29) is 4.90 Å². The number of nitrogens with one attached hydrogen (secondary N) is 1. The molecule has 1 N–H and O–H groups in total. The Morgan fingerprint density at radius 2 is 1.87 bits per heavy atom. The first-order valence-corrected chi connectivity index (χ1v) is 6.95. The Kier molecular flexibility index (Phi) is 4.13. The summed E-state index contributed by atoms with van der Waals surface area (Å²) in [5.74, 6) is 0. The molecule has 0 fully saturated rings. The number of benzene rings is 1. The van der Waals surface area contributed by atoms with E-state index in [4.69, 9.17) is 10.7 Å². The Labute approximate surface area is 94.9 Å². The molecule has 1 aromatic rings. The maximum atomic E-state index is 11.0. The lowest BCUT2D eigenvalue weighted by Gasteiger charge is -2.09. The molecule has 0 saturated heterocycles. The maximum absolute atomic E-state index is 11.0. The van der Waals surface area contributed by atoms with Crippen LogP contribution in [0.1, 0.15) is 12.5 Å². The summed E-state index contributed by atoms with van der Waals surface area (Å²) >= 11 is 0. The predicted octanol–water partition coefficient (Wildman–Crippen LogP) is 1.76. The molecule has 0 amide bonds. The van der Waals surface area contributed by atoms with Crippen LogP contribution in [0, 0.1) is 0 Å². The molecule has 1 atom stereocenters. The second kappa shape index (κ2) is 4.96. The number of rotatable bonds is 4. The summed E-state index contributed by atoms with van der Waals surface area (Å²) in [6.07, 6.45) is 0.860. The molecular weight excluding hydrogens is 234 g/mol. The summed E-state index contributed by atoms with van der Waals surface area (Å²) in [6.45, 7) is 2.06. The normalized spacial score (nSPS) is 13.8. The standard InChI is InChI=1S/C10H14ClNO2S/c1-8(12-2)7-9-3-5-10(6-4-9)15(11,13)14/h3-6,8,12H,7H2,1-2H3/t8-/m0/s1. The van der Waals surface area contributed by atoms with Gasteiger partial charge in [-0.25, -0.2) is 8.42 Å². The highest BCUT2D eigenvalue weighted by molar-refractivity contribution is 8.13. The first kappa shape index (κ1) is 12.5. The topological polar surface area (TPSA) is 46.2 Å². The van der Waals surface area contributed by atoms with Gasteiger partial charge in [0, 0.05) is 16.7 Å². The van der Waals surface area contributed by atoms with Gasteiger partial charge in [-0.2, -0.15) is 0 Å². The fraction of sp³-hybridized carbons (Fsp3) is 0.400. The molecule has 0 saturated carbocycles. The average molecular weight is 248 g/mol. The van der Waals surface area contributed by atoms with Gasteiger partial charge in [0.2, 0.25) is 0 Å². The maximum Gasteiger partial charge on any atom is 0.261 e. The predicted molar refractivity (Wildman–Crippen MR) is 61.7 cm³/mol. The monoisotopic (exact) mass is 247 g/mol. The third-order valence-electron chi connectivity index (χ3n) is 2.24. The molecule has 3 nitrogen and oxygen atoms in total. The van der Waals surface area contributed by atoms with E-state index in [1.807, 2.05) is 7.05 Å². The molecule has 0 aromatic heterocycles. The molecule has 15 heavy (non-hydrogen) atoms. The molecule has 0 aliphatic carbocycles. The van der Waals surface area contributed by atoms with Gasteiger partial charge in [-0.3, -0.25) is 0 Å². The van der Waals surface area contributed by atoms with Crippen LogP contribution < -0.4 is 5.32 Å². The first-order chi connectivity index (χ1) is 6.93. The Bertz CT molecular complexity index is 414. The molecule has 0 radical (unpaired) electrons. The zero-order valence-electron chi connectivity index (χ0n) is 8.70. The molecule has 84 valence electrons. The van der Waals surface area contributed by atoms with Gasteiger partial charge < -0.3 is 5.32 Å². The molecule has 1 aromatic carbocycles. The quantitative estimate of drug-likeness (QED) is 0.825. The highest BCUT2D eigenvalue weighted by atomic mass is 35.7. The molecule has 5 heteroatoms. The van der Waals surface area contributed by atoms with Crippen molar-refractivity contribution in [3.63, 3.8) is 0 Å². The van der Waals surface area contributed by atoms with Gasteiger partial charge >= 0.3 is 0 Å². The van der Waals surface area contributed by atoms with Crippen molar-refractivity contribution in [2.45, 2.75) is 24.3 Å². The van der Waals surface area contributed by atoms with Gasteiger partial charge in [-0.15, -0.1) is 0 Å². The minimum Gasteiger partial charge on any atom is -0.317 e. The van der Waals surface area contributed by atoms with E-state index >= 15 is 0 Å². The molecule has 0 heterocycles. The van der Waals surface area contributed by atoms with Crippen molar-refractivity contribution >= 4 is 19.7 Å². The minimum absolute atomic E-state index is 0.144. The van der Waals surface area contributed by atoms with Crippen LogP contribution in [0.3, 0.4) is 0 Å². The van der Waals surface area contributed by atoms with E-state index in [9.17, 15) is 8.42 Å². The summed E-state index contributed by atoms with van der Waals surface area (Å²) in [7, 11) is 3.50. The van der Waals surface area contributed by atoms with Crippen molar-refractivity contribution < 1.29 is 8.42 Å². The van der Waals surface area contributed by atoms with Gasteiger partial charge in [-0.1, -0.05) is 12.1 Å². The van der Waals surface area contributed by atoms with Crippen molar-refractivity contribution in [1.82, 2.24) is 5.32 Å². The van der Waals surface area contributed by atoms with Gasteiger partial charge in [0.05, 0.1) is 4.90 Å². The number of halogens is 1. The van der Waals surface area contributed by atoms with Crippen LogP contribution in [0.2, 0.25) is 0 Å². The second-order valence-corrected chi connectivity index (χ2v) is 6.04. The van der Waals surface area contributed by atoms with E-state index in [2.05, 4.69) is 12.2 Å². The van der Waals surface area contributed by atoms with Gasteiger partial charge in [0.1, 0.15) is 0 Å². The van der Waals surface area contributed by atoms with Crippen LogP contribution in [-0.4, -0.2) is 21.5 Å². The van der Waals surface area contributed by atoms with Crippen molar-refractivity contribution in [2.75, 3.05) is 7.05 Å². The zero-order chi connectivity index (χ0) is 11.5. The fourth-order valence-corrected chi connectivity index (χ4v) is 2.01. The molecular formula is C10H14ClNO2S. The third kappa shape index (κ3) is 3.81. The van der Waals surface area contributed by atoms with Crippen molar-refractivity contribution in [2.24, 2.45) is 0 Å². The van der Waals surface area contributed by atoms with Gasteiger partial charge in [-0.05, 0) is 38.1 Å². The lowest BCUT2D eigenvalue weighted by Crippen LogP contribution is -2.23. The SMILES string of the molecule is CN[C@@H](C)Cc1ccc(S(=O)(=O)Cl)cc1. The number of hydrogen-bond acceptors (Lipinski definition) is 3. The van der Waals surface area contributed by atoms with Crippen LogP contribution >= 0.6 is 10.7 Å². The molecule has 1 rings (SSSR count). The van der Waals surface area contributed by atoms with Crippen molar-refractivity contribution in [1.29, 1.82) is 0 Å². The van der Waals surface area contributed by atoms with Crippen LogP contribution in [0.5, 0.6) is 0 Å². The average Bonchev–Trinajstić information content (AvgIpc) is 2.17. The molecule has 0 spiro atoms.